The molecule has 0 aromatic rings. The first-order valence-electron chi connectivity index (χ1n) is 10.8. The molecular formula is C21H44N4O4. The van der Waals surface area contributed by atoms with Gasteiger partial charge in [-0.15, -0.1) is 0 Å². The summed E-state index contributed by atoms with van der Waals surface area (Å²) in [4.78, 5) is 28.2. The Labute approximate surface area is 177 Å². The van der Waals surface area contributed by atoms with Crippen LogP contribution in [0.25, 0.3) is 0 Å². The van der Waals surface area contributed by atoms with Gasteiger partial charge in [0.1, 0.15) is 13.2 Å². The Balaban J connectivity index is 4.12. The summed E-state index contributed by atoms with van der Waals surface area (Å²) in [6, 6.07) is 0. The topological polar surface area (TPSA) is 83.1 Å². The van der Waals surface area contributed by atoms with E-state index in [1.165, 1.54) is 0 Å². The highest BCUT2D eigenvalue weighted by molar-refractivity contribution is 5.70. The van der Waals surface area contributed by atoms with Crippen LogP contribution in [0.15, 0.2) is 0 Å². The van der Waals surface area contributed by atoms with Gasteiger partial charge in [-0.05, 0) is 41.0 Å². The van der Waals surface area contributed by atoms with E-state index in [0.717, 1.165) is 39.0 Å². The summed E-state index contributed by atoms with van der Waals surface area (Å²) in [6.07, 6.45) is 2.25. The van der Waals surface area contributed by atoms with Gasteiger partial charge in [-0.25, -0.2) is 0 Å². The Hall–Kier alpha value is -1.22. The van der Waals surface area contributed by atoms with Crippen molar-refractivity contribution in [2.75, 3.05) is 80.7 Å². The first-order chi connectivity index (χ1) is 13.7. The van der Waals surface area contributed by atoms with Gasteiger partial charge in [0.15, 0.2) is 0 Å². The van der Waals surface area contributed by atoms with Crippen LogP contribution in [0, 0.1) is 5.41 Å². The highest BCUT2D eigenvalue weighted by Gasteiger charge is 2.30. The van der Waals surface area contributed by atoms with Gasteiger partial charge in [0.2, 0.25) is 0 Å². The van der Waals surface area contributed by atoms with E-state index in [2.05, 4.69) is 20.4 Å². The number of esters is 2. The lowest BCUT2D eigenvalue weighted by Crippen LogP contribution is -2.34. The van der Waals surface area contributed by atoms with Crippen LogP contribution >= 0.6 is 0 Å². The molecule has 0 aliphatic heterocycles. The molecule has 0 aliphatic carbocycles. The van der Waals surface area contributed by atoms with Crippen LogP contribution in [-0.4, -0.2) is 102 Å². The quantitative estimate of drug-likeness (QED) is 0.253. The van der Waals surface area contributed by atoms with Crippen LogP contribution in [0.3, 0.4) is 0 Å². The van der Waals surface area contributed by atoms with Crippen molar-refractivity contribution in [2.24, 2.45) is 5.41 Å². The number of ether oxygens (including phenoxy) is 2. The second kappa shape index (κ2) is 16.6. The molecule has 0 spiro atoms. The average molecular weight is 417 g/mol. The second-order valence-electron chi connectivity index (χ2n) is 8.14. The second-order valence-corrected chi connectivity index (χ2v) is 8.14. The number of likely N-dealkylation sites (N-methyl/N-ethyl adjacent to an activating group) is 2. The zero-order valence-electron chi connectivity index (χ0n) is 19.5. The van der Waals surface area contributed by atoms with E-state index in [0.29, 0.717) is 25.9 Å². The molecule has 29 heavy (non-hydrogen) atoms. The largest absolute Gasteiger partial charge is 0.465 e. The third-order valence-electron chi connectivity index (χ3n) is 5.06. The van der Waals surface area contributed by atoms with E-state index in [1.807, 2.05) is 42.0 Å². The zero-order valence-corrected chi connectivity index (χ0v) is 19.5. The standard InChI is InChI=1S/C21H44N4O4/c1-7-21(8-2,17-28-19(26)9-11-22-13-15-24(3)4)18-29-20(27)10-12-23-14-16-25(5)6/h22-23H,7-18H2,1-6H3. The highest BCUT2D eigenvalue weighted by Crippen LogP contribution is 2.27. The molecule has 0 rings (SSSR count). The summed E-state index contributed by atoms with van der Waals surface area (Å²) >= 11 is 0. The van der Waals surface area contributed by atoms with E-state index >= 15 is 0 Å². The Morgan fingerprint density at radius 1 is 0.724 bits per heavy atom. The SMILES string of the molecule is CCC(CC)(COC(=O)CCNCCN(C)C)COC(=O)CCNCCN(C)C. The molecular weight excluding hydrogens is 372 g/mol. The van der Waals surface area contributed by atoms with Gasteiger partial charge < -0.3 is 29.9 Å². The van der Waals surface area contributed by atoms with Crippen LogP contribution in [0.5, 0.6) is 0 Å². The number of carbonyl (C=O) groups excluding carboxylic acids is 2. The van der Waals surface area contributed by atoms with E-state index < -0.39 is 0 Å². The molecule has 2 N–H and O–H groups in total. The third-order valence-corrected chi connectivity index (χ3v) is 5.06. The Kier molecular flexibility index (Phi) is 15.9. The van der Waals surface area contributed by atoms with Gasteiger partial charge in [0.05, 0.1) is 12.8 Å². The molecule has 0 fully saturated rings. The number of nitrogens with one attached hydrogen (secondary N) is 2. The smallest absolute Gasteiger partial charge is 0.307 e. The molecule has 0 radical (unpaired) electrons. The highest BCUT2D eigenvalue weighted by atomic mass is 16.5. The molecule has 172 valence electrons. The predicted molar refractivity (Wildman–Crippen MR) is 117 cm³/mol. The molecule has 8 heteroatoms. The Morgan fingerprint density at radius 3 is 1.41 bits per heavy atom. The van der Waals surface area contributed by atoms with Gasteiger partial charge in [-0.3, -0.25) is 9.59 Å². The first-order valence-corrected chi connectivity index (χ1v) is 10.8. The van der Waals surface area contributed by atoms with Crippen molar-refractivity contribution in [2.45, 2.75) is 39.5 Å². The normalized spacial score (nSPS) is 11.9. The lowest BCUT2D eigenvalue weighted by molar-refractivity contribution is -0.154. The summed E-state index contributed by atoms with van der Waals surface area (Å²) in [7, 11) is 8.05. The van der Waals surface area contributed by atoms with Crippen LogP contribution in [0.2, 0.25) is 0 Å². The van der Waals surface area contributed by atoms with Crippen LogP contribution < -0.4 is 10.6 Å². The number of carbonyl (C=O) groups is 2. The van der Waals surface area contributed by atoms with Gasteiger partial charge >= 0.3 is 11.9 Å². The minimum absolute atomic E-state index is 0.218. The summed E-state index contributed by atoms with van der Waals surface area (Å²) in [5.41, 5.74) is -0.317. The predicted octanol–water partition coefficient (Wildman–Crippen LogP) is 0.962. The van der Waals surface area contributed by atoms with Gasteiger partial charge in [0, 0.05) is 44.7 Å². The first kappa shape index (κ1) is 27.8. The van der Waals surface area contributed by atoms with Crippen molar-refractivity contribution in [3.63, 3.8) is 0 Å². The summed E-state index contributed by atoms with van der Waals surface area (Å²) < 4.78 is 11.0. The Bertz CT molecular complexity index is 404. The monoisotopic (exact) mass is 416 g/mol. The maximum absolute atomic E-state index is 12.0. The average Bonchev–Trinajstić information content (AvgIpc) is 2.67. The fourth-order valence-electron chi connectivity index (χ4n) is 2.55. The third kappa shape index (κ3) is 15.3. The summed E-state index contributed by atoms with van der Waals surface area (Å²) in [5.74, 6) is -0.435. The van der Waals surface area contributed by atoms with Crippen molar-refractivity contribution < 1.29 is 19.1 Å². The minimum Gasteiger partial charge on any atom is -0.465 e. The fourth-order valence-corrected chi connectivity index (χ4v) is 2.55. The number of nitrogens with zero attached hydrogens (tertiary/aromatic N) is 2. The number of hydrogen-bond donors (Lipinski definition) is 2. The van der Waals surface area contributed by atoms with E-state index in [4.69, 9.17) is 9.47 Å². The molecule has 0 amide bonds. The molecule has 0 heterocycles. The lowest BCUT2D eigenvalue weighted by Gasteiger charge is -2.30. The molecule has 0 aliphatic rings. The van der Waals surface area contributed by atoms with Crippen molar-refractivity contribution in [1.29, 1.82) is 0 Å². The van der Waals surface area contributed by atoms with Crippen molar-refractivity contribution in [1.82, 2.24) is 20.4 Å². The van der Waals surface area contributed by atoms with Gasteiger partial charge in [-0.2, -0.15) is 0 Å². The lowest BCUT2D eigenvalue weighted by atomic mass is 9.84. The molecule has 0 unspecified atom stereocenters. The molecule has 0 saturated carbocycles. The van der Waals surface area contributed by atoms with Crippen LogP contribution in [0.4, 0.5) is 0 Å². The molecule has 8 nitrogen and oxygen atoms in total. The van der Waals surface area contributed by atoms with E-state index in [9.17, 15) is 9.59 Å². The van der Waals surface area contributed by atoms with Gasteiger partial charge in [0.25, 0.3) is 0 Å². The van der Waals surface area contributed by atoms with Gasteiger partial charge in [-0.1, -0.05) is 13.8 Å². The fraction of sp³-hybridized carbons (Fsp3) is 0.905. The molecule has 0 aromatic carbocycles. The number of hydrogen-bond acceptors (Lipinski definition) is 8. The van der Waals surface area contributed by atoms with Crippen molar-refractivity contribution in [3.05, 3.63) is 0 Å². The maximum atomic E-state index is 12.0. The summed E-state index contributed by atoms with van der Waals surface area (Å²) in [6.45, 7) is 9.40. The van der Waals surface area contributed by atoms with Crippen molar-refractivity contribution in [3.8, 4) is 0 Å². The van der Waals surface area contributed by atoms with E-state index in [1.54, 1.807) is 0 Å². The van der Waals surface area contributed by atoms with Crippen LogP contribution in [-0.2, 0) is 19.1 Å². The summed E-state index contributed by atoms with van der Waals surface area (Å²) in [5, 5.41) is 6.45. The molecule has 0 bridgehead atoms. The Morgan fingerprint density at radius 2 is 1.10 bits per heavy atom. The minimum atomic E-state index is -0.317. The molecule has 0 saturated heterocycles. The molecule has 0 atom stereocenters. The van der Waals surface area contributed by atoms with Crippen LogP contribution in [0.1, 0.15) is 39.5 Å². The maximum Gasteiger partial charge on any atom is 0.307 e. The number of rotatable bonds is 18. The van der Waals surface area contributed by atoms with Crippen molar-refractivity contribution >= 4 is 11.9 Å². The molecule has 0 aromatic heterocycles. The van der Waals surface area contributed by atoms with E-state index in [-0.39, 0.29) is 30.6 Å². The zero-order chi connectivity index (χ0) is 22.1.